The van der Waals surface area contributed by atoms with Crippen LogP contribution in [0.3, 0.4) is 0 Å². The van der Waals surface area contributed by atoms with Crippen LogP contribution in [0, 0.1) is 5.92 Å². The van der Waals surface area contributed by atoms with E-state index in [0.717, 1.165) is 37.8 Å². The SMILES string of the molecule is CC1CCCC(Oc2ccc(C=O)c(C(F)(F)F)c2)C1. The highest BCUT2D eigenvalue weighted by molar-refractivity contribution is 5.78. The molecule has 0 N–H and O–H groups in total. The van der Waals surface area contributed by atoms with E-state index in [9.17, 15) is 18.0 Å². The first-order chi connectivity index (χ1) is 9.40. The van der Waals surface area contributed by atoms with Crippen molar-refractivity contribution in [2.75, 3.05) is 0 Å². The van der Waals surface area contributed by atoms with Gasteiger partial charge in [-0.3, -0.25) is 4.79 Å². The van der Waals surface area contributed by atoms with Gasteiger partial charge in [-0.15, -0.1) is 0 Å². The molecule has 0 aromatic heterocycles. The van der Waals surface area contributed by atoms with Crippen molar-refractivity contribution < 1.29 is 22.7 Å². The van der Waals surface area contributed by atoms with Gasteiger partial charge in [-0.1, -0.05) is 13.3 Å². The summed E-state index contributed by atoms with van der Waals surface area (Å²) in [5.41, 5.74) is -1.30. The molecule has 1 aliphatic carbocycles. The van der Waals surface area contributed by atoms with Crippen molar-refractivity contribution in [2.45, 2.75) is 44.9 Å². The first kappa shape index (κ1) is 14.9. The molecule has 1 aliphatic rings. The standard InChI is InChI=1S/C15H17F3O2/c1-10-3-2-4-12(7-10)20-13-6-5-11(9-19)14(8-13)15(16,17)18/h5-6,8-10,12H,2-4,7H2,1H3. The molecule has 0 aliphatic heterocycles. The number of carbonyl (C=O) groups is 1. The van der Waals surface area contributed by atoms with Crippen LogP contribution in [-0.4, -0.2) is 12.4 Å². The van der Waals surface area contributed by atoms with Crippen molar-refractivity contribution >= 4 is 6.29 Å². The van der Waals surface area contributed by atoms with Crippen molar-refractivity contribution in [3.8, 4) is 5.75 Å². The predicted octanol–water partition coefficient (Wildman–Crippen LogP) is 4.48. The number of aldehydes is 1. The summed E-state index contributed by atoms with van der Waals surface area (Å²) >= 11 is 0. The van der Waals surface area contributed by atoms with Crippen LogP contribution in [0.5, 0.6) is 5.75 Å². The Labute approximate surface area is 115 Å². The average molecular weight is 286 g/mol. The summed E-state index contributed by atoms with van der Waals surface area (Å²) in [6.07, 6.45) is -0.480. The highest BCUT2D eigenvalue weighted by atomic mass is 19.4. The van der Waals surface area contributed by atoms with Crippen LogP contribution in [0.15, 0.2) is 18.2 Å². The zero-order valence-electron chi connectivity index (χ0n) is 11.2. The Morgan fingerprint density at radius 3 is 2.65 bits per heavy atom. The topological polar surface area (TPSA) is 26.3 Å². The van der Waals surface area contributed by atoms with Gasteiger partial charge in [0, 0.05) is 5.56 Å². The summed E-state index contributed by atoms with van der Waals surface area (Å²) in [5.74, 6) is 0.715. The fourth-order valence-electron chi connectivity index (χ4n) is 2.63. The molecule has 0 heterocycles. The molecule has 0 amide bonds. The van der Waals surface area contributed by atoms with Crippen LogP contribution in [-0.2, 0) is 6.18 Å². The number of halogens is 3. The van der Waals surface area contributed by atoms with E-state index in [-0.39, 0.29) is 23.7 Å². The number of alkyl halides is 3. The third-order valence-corrected chi connectivity index (χ3v) is 3.65. The predicted molar refractivity (Wildman–Crippen MR) is 68.9 cm³/mol. The van der Waals surface area contributed by atoms with E-state index < -0.39 is 11.7 Å². The van der Waals surface area contributed by atoms with E-state index in [1.54, 1.807) is 0 Å². The summed E-state index contributed by atoms with van der Waals surface area (Å²) in [6, 6.07) is 3.51. The van der Waals surface area contributed by atoms with E-state index in [2.05, 4.69) is 6.92 Å². The summed E-state index contributed by atoms with van der Waals surface area (Å²) in [6.45, 7) is 2.12. The van der Waals surface area contributed by atoms with Crippen LogP contribution in [0.4, 0.5) is 13.2 Å². The van der Waals surface area contributed by atoms with Gasteiger partial charge in [0.1, 0.15) is 5.75 Å². The van der Waals surface area contributed by atoms with Gasteiger partial charge >= 0.3 is 6.18 Å². The minimum atomic E-state index is -4.55. The van der Waals surface area contributed by atoms with Gasteiger partial charge in [0.05, 0.1) is 11.7 Å². The third-order valence-electron chi connectivity index (χ3n) is 3.65. The molecule has 2 nitrogen and oxygen atoms in total. The highest BCUT2D eigenvalue weighted by Crippen LogP contribution is 2.35. The quantitative estimate of drug-likeness (QED) is 0.766. The maximum Gasteiger partial charge on any atom is 0.417 e. The molecule has 0 bridgehead atoms. The van der Waals surface area contributed by atoms with Crippen molar-refractivity contribution in [3.63, 3.8) is 0 Å². The molecule has 1 saturated carbocycles. The molecule has 20 heavy (non-hydrogen) atoms. The van der Waals surface area contributed by atoms with E-state index >= 15 is 0 Å². The number of hydrogen-bond acceptors (Lipinski definition) is 2. The lowest BCUT2D eigenvalue weighted by molar-refractivity contribution is -0.138. The maximum absolute atomic E-state index is 12.8. The van der Waals surface area contributed by atoms with Gasteiger partial charge in [-0.2, -0.15) is 13.2 Å². The lowest BCUT2D eigenvalue weighted by Crippen LogP contribution is -2.24. The highest BCUT2D eigenvalue weighted by Gasteiger charge is 2.34. The van der Waals surface area contributed by atoms with Crippen LogP contribution in [0.1, 0.15) is 48.5 Å². The Morgan fingerprint density at radius 1 is 1.30 bits per heavy atom. The zero-order valence-corrected chi connectivity index (χ0v) is 11.2. The number of hydrogen-bond donors (Lipinski definition) is 0. The Bertz CT molecular complexity index is 482. The van der Waals surface area contributed by atoms with Gasteiger partial charge < -0.3 is 4.74 Å². The molecule has 0 radical (unpaired) electrons. The Morgan fingerprint density at radius 2 is 2.05 bits per heavy atom. The number of carbonyl (C=O) groups excluding carboxylic acids is 1. The Hall–Kier alpha value is -1.52. The van der Waals surface area contributed by atoms with E-state index in [4.69, 9.17) is 4.74 Å². The summed E-state index contributed by atoms with van der Waals surface area (Å²) in [5, 5.41) is 0. The molecule has 0 saturated heterocycles. The smallest absolute Gasteiger partial charge is 0.417 e. The van der Waals surface area contributed by atoms with Crippen molar-refractivity contribution in [1.82, 2.24) is 0 Å². The van der Waals surface area contributed by atoms with Gasteiger partial charge in [0.25, 0.3) is 0 Å². The minimum Gasteiger partial charge on any atom is -0.490 e. The first-order valence-electron chi connectivity index (χ1n) is 6.73. The van der Waals surface area contributed by atoms with Crippen molar-refractivity contribution in [1.29, 1.82) is 0 Å². The maximum atomic E-state index is 12.8. The fraction of sp³-hybridized carbons (Fsp3) is 0.533. The molecule has 1 fully saturated rings. The number of rotatable bonds is 3. The molecule has 110 valence electrons. The monoisotopic (exact) mass is 286 g/mol. The zero-order chi connectivity index (χ0) is 14.8. The Kier molecular flexibility index (Phi) is 4.35. The summed E-state index contributed by atoms with van der Waals surface area (Å²) in [7, 11) is 0. The summed E-state index contributed by atoms with van der Waals surface area (Å²) in [4.78, 5) is 10.7. The molecular weight excluding hydrogens is 269 g/mol. The van der Waals surface area contributed by atoms with Gasteiger partial charge in [-0.05, 0) is 43.4 Å². The van der Waals surface area contributed by atoms with Crippen LogP contribution >= 0.6 is 0 Å². The van der Waals surface area contributed by atoms with Crippen molar-refractivity contribution in [3.05, 3.63) is 29.3 Å². The molecule has 2 unspecified atom stereocenters. The lowest BCUT2D eigenvalue weighted by atomic mass is 9.89. The van der Waals surface area contributed by atoms with E-state index in [1.165, 1.54) is 6.07 Å². The number of benzene rings is 1. The molecular formula is C15H17F3O2. The molecule has 1 aromatic rings. The van der Waals surface area contributed by atoms with Gasteiger partial charge in [0.15, 0.2) is 6.29 Å². The van der Waals surface area contributed by atoms with Crippen molar-refractivity contribution in [2.24, 2.45) is 5.92 Å². The fourth-order valence-corrected chi connectivity index (χ4v) is 2.63. The molecule has 2 rings (SSSR count). The summed E-state index contributed by atoms with van der Waals surface area (Å²) < 4.78 is 44.2. The van der Waals surface area contributed by atoms with E-state index in [0.29, 0.717) is 5.92 Å². The number of ether oxygens (including phenoxy) is 1. The molecule has 1 aromatic carbocycles. The van der Waals surface area contributed by atoms with Crippen LogP contribution in [0.25, 0.3) is 0 Å². The van der Waals surface area contributed by atoms with Crippen LogP contribution < -0.4 is 4.74 Å². The van der Waals surface area contributed by atoms with Gasteiger partial charge in [-0.25, -0.2) is 0 Å². The largest absolute Gasteiger partial charge is 0.490 e. The second kappa shape index (κ2) is 5.85. The average Bonchev–Trinajstić information content (AvgIpc) is 2.37. The Balaban J connectivity index is 2.18. The second-order valence-electron chi connectivity index (χ2n) is 5.38. The normalized spacial score (nSPS) is 23.4. The first-order valence-corrected chi connectivity index (χ1v) is 6.73. The second-order valence-corrected chi connectivity index (χ2v) is 5.38. The lowest BCUT2D eigenvalue weighted by Gasteiger charge is -2.27. The van der Waals surface area contributed by atoms with E-state index in [1.807, 2.05) is 0 Å². The molecule has 5 heteroatoms. The molecule has 2 atom stereocenters. The van der Waals surface area contributed by atoms with Crippen LogP contribution in [0.2, 0.25) is 0 Å². The third kappa shape index (κ3) is 3.52. The minimum absolute atomic E-state index is 0.0399. The molecule has 0 spiro atoms. The van der Waals surface area contributed by atoms with Gasteiger partial charge in [0.2, 0.25) is 0 Å².